The van der Waals surface area contributed by atoms with Gasteiger partial charge in [-0.25, -0.2) is 0 Å². The van der Waals surface area contributed by atoms with Gasteiger partial charge in [0, 0.05) is 6.04 Å². The van der Waals surface area contributed by atoms with Crippen molar-refractivity contribution in [1.82, 2.24) is 5.32 Å². The zero-order valence-corrected chi connectivity index (χ0v) is 11.7. The largest absolute Gasteiger partial charge is 0.310 e. The SMILES string of the molecule is CCNC(CCSC)C1=CCCCCCC1. The van der Waals surface area contributed by atoms with Crippen molar-refractivity contribution in [3.05, 3.63) is 11.6 Å². The average Bonchev–Trinajstić information content (AvgIpc) is 2.24. The van der Waals surface area contributed by atoms with Crippen LogP contribution in [0, 0.1) is 0 Å². The van der Waals surface area contributed by atoms with Gasteiger partial charge in [0.25, 0.3) is 0 Å². The second kappa shape index (κ2) is 9.12. The summed E-state index contributed by atoms with van der Waals surface area (Å²) in [5, 5.41) is 3.65. The highest BCUT2D eigenvalue weighted by Crippen LogP contribution is 2.21. The van der Waals surface area contributed by atoms with E-state index in [9.17, 15) is 0 Å². The quantitative estimate of drug-likeness (QED) is 0.706. The molecule has 0 aromatic heterocycles. The van der Waals surface area contributed by atoms with Crippen LogP contribution < -0.4 is 5.32 Å². The first-order chi connectivity index (χ1) is 7.88. The van der Waals surface area contributed by atoms with Gasteiger partial charge in [0.1, 0.15) is 0 Å². The van der Waals surface area contributed by atoms with E-state index in [-0.39, 0.29) is 0 Å². The summed E-state index contributed by atoms with van der Waals surface area (Å²) in [5.41, 5.74) is 1.69. The number of nitrogens with one attached hydrogen (secondary N) is 1. The summed E-state index contributed by atoms with van der Waals surface area (Å²) in [6, 6.07) is 0.649. The molecule has 1 atom stereocenters. The molecule has 1 N–H and O–H groups in total. The van der Waals surface area contributed by atoms with Crippen LogP contribution in [0.5, 0.6) is 0 Å². The minimum absolute atomic E-state index is 0.649. The highest BCUT2D eigenvalue weighted by atomic mass is 32.2. The zero-order chi connectivity index (χ0) is 11.6. The first-order valence-electron chi connectivity index (χ1n) is 6.79. The van der Waals surface area contributed by atoms with Gasteiger partial charge < -0.3 is 5.32 Å². The summed E-state index contributed by atoms with van der Waals surface area (Å²) in [5.74, 6) is 1.27. The third-order valence-electron chi connectivity index (χ3n) is 3.33. The van der Waals surface area contributed by atoms with Crippen LogP contribution in [0.4, 0.5) is 0 Å². The predicted octanol–water partition coefficient (Wildman–Crippen LogP) is 4.00. The van der Waals surface area contributed by atoms with Gasteiger partial charge in [-0.05, 0) is 50.7 Å². The smallest absolute Gasteiger partial charge is 0.0287 e. The Morgan fingerprint density at radius 1 is 1.31 bits per heavy atom. The van der Waals surface area contributed by atoms with Crippen molar-refractivity contribution in [3.8, 4) is 0 Å². The Morgan fingerprint density at radius 2 is 2.12 bits per heavy atom. The Kier molecular flexibility index (Phi) is 8.04. The first-order valence-corrected chi connectivity index (χ1v) is 8.19. The van der Waals surface area contributed by atoms with Crippen molar-refractivity contribution in [2.24, 2.45) is 0 Å². The van der Waals surface area contributed by atoms with Crippen LogP contribution in [0.1, 0.15) is 51.9 Å². The van der Waals surface area contributed by atoms with E-state index < -0.39 is 0 Å². The molecular weight excluding hydrogens is 214 g/mol. The highest BCUT2D eigenvalue weighted by molar-refractivity contribution is 7.98. The van der Waals surface area contributed by atoms with E-state index in [1.54, 1.807) is 5.57 Å². The maximum absolute atomic E-state index is 3.65. The number of rotatable bonds is 6. The molecule has 16 heavy (non-hydrogen) atoms. The van der Waals surface area contributed by atoms with Crippen molar-refractivity contribution in [2.45, 2.75) is 57.9 Å². The Morgan fingerprint density at radius 3 is 2.88 bits per heavy atom. The van der Waals surface area contributed by atoms with E-state index in [1.165, 1.54) is 50.7 Å². The Labute approximate surface area is 105 Å². The molecule has 0 spiro atoms. The third-order valence-corrected chi connectivity index (χ3v) is 3.98. The van der Waals surface area contributed by atoms with Crippen molar-refractivity contribution >= 4 is 11.8 Å². The number of thioether (sulfide) groups is 1. The van der Waals surface area contributed by atoms with E-state index in [0.29, 0.717) is 6.04 Å². The predicted molar refractivity (Wildman–Crippen MR) is 76.2 cm³/mol. The van der Waals surface area contributed by atoms with Gasteiger partial charge in [0.2, 0.25) is 0 Å². The third kappa shape index (κ3) is 5.40. The van der Waals surface area contributed by atoms with Crippen molar-refractivity contribution < 1.29 is 0 Å². The second-order valence-electron chi connectivity index (χ2n) is 4.62. The Hall–Kier alpha value is 0.0500. The van der Waals surface area contributed by atoms with E-state index in [4.69, 9.17) is 0 Å². The molecule has 1 unspecified atom stereocenters. The minimum atomic E-state index is 0.649. The lowest BCUT2D eigenvalue weighted by atomic mass is 9.93. The van der Waals surface area contributed by atoms with Gasteiger partial charge >= 0.3 is 0 Å². The lowest BCUT2D eigenvalue weighted by Crippen LogP contribution is -2.31. The molecule has 1 rings (SSSR count). The van der Waals surface area contributed by atoms with Gasteiger partial charge in [-0.15, -0.1) is 0 Å². The molecule has 0 bridgehead atoms. The number of allylic oxidation sites excluding steroid dienone is 1. The summed E-state index contributed by atoms with van der Waals surface area (Å²) < 4.78 is 0. The number of hydrogen-bond acceptors (Lipinski definition) is 2. The maximum Gasteiger partial charge on any atom is 0.0287 e. The molecular formula is C14H27NS. The summed E-state index contributed by atoms with van der Waals surface area (Å²) in [4.78, 5) is 0. The first kappa shape index (κ1) is 14.1. The molecule has 0 aliphatic heterocycles. The van der Waals surface area contributed by atoms with Crippen LogP contribution in [0.15, 0.2) is 11.6 Å². The second-order valence-corrected chi connectivity index (χ2v) is 5.61. The highest BCUT2D eigenvalue weighted by Gasteiger charge is 2.13. The Balaban J connectivity index is 2.51. The number of hydrogen-bond donors (Lipinski definition) is 1. The summed E-state index contributed by atoms with van der Waals surface area (Å²) >= 11 is 1.96. The fraction of sp³-hybridized carbons (Fsp3) is 0.857. The lowest BCUT2D eigenvalue weighted by molar-refractivity contribution is 0.530. The van der Waals surface area contributed by atoms with E-state index >= 15 is 0 Å². The van der Waals surface area contributed by atoms with Crippen LogP contribution in [0.3, 0.4) is 0 Å². The summed E-state index contributed by atoms with van der Waals surface area (Å²) in [6.07, 6.45) is 14.3. The normalized spacial score (nSPS) is 19.8. The monoisotopic (exact) mass is 241 g/mol. The summed E-state index contributed by atoms with van der Waals surface area (Å²) in [7, 11) is 0. The molecule has 0 aromatic rings. The molecule has 0 radical (unpaired) electrons. The lowest BCUT2D eigenvalue weighted by Gasteiger charge is -2.22. The van der Waals surface area contributed by atoms with Crippen LogP contribution in [0.25, 0.3) is 0 Å². The van der Waals surface area contributed by atoms with E-state index in [1.807, 2.05) is 11.8 Å². The molecule has 0 saturated carbocycles. The van der Waals surface area contributed by atoms with Crippen molar-refractivity contribution in [3.63, 3.8) is 0 Å². The van der Waals surface area contributed by atoms with Crippen molar-refractivity contribution in [2.75, 3.05) is 18.6 Å². The topological polar surface area (TPSA) is 12.0 Å². The number of likely N-dealkylation sites (N-methyl/N-ethyl adjacent to an activating group) is 1. The molecule has 0 fully saturated rings. The van der Waals surface area contributed by atoms with E-state index in [2.05, 4.69) is 24.6 Å². The maximum atomic E-state index is 3.65. The van der Waals surface area contributed by atoms with Crippen LogP contribution in [-0.2, 0) is 0 Å². The van der Waals surface area contributed by atoms with Gasteiger partial charge in [0.05, 0.1) is 0 Å². The van der Waals surface area contributed by atoms with E-state index in [0.717, 1.165) is 6.54 Å². The standard InChI is InChI=1S/C14H27NS/c1-3-15-14(11-12-16-2)13-9-7-5-4-6-8-10-13/h9,14-15H,3-8,10-12H2,1-2H3. The summed E-state index contributed by atoms with van der Waals surface area (Å²) in [6.45, 7) is 3.31. The van der Waals surface area contributed by atoms with Gasteiger partial charge in [-0.1, -0.05) is 31.4 Å². The molecule has 94 valence electrons. The molecule has 0 saturated heterocycles. The fourth-order valence-corrected chi connectivity index (χ4v) is 2.91. The molecule has 1 nitrogen and oxygen atoms in total. The molecule has 1 aliphatic carbocycles. The Bertz CT molecular complexity index is 201. The van der Waals surface area contributed by atoms with Crippen molar-refractivity contribution in [1.29, 1.82) is 0 Å². The molecule has 0 amide bonds. The van der Waals surface area contributed by atoms with Crippen LogP contribution >= 0.6 is 11.8 Å². The molecule has 0 heterocycles. The fourth-order valence-electron chi connectivity index (χ4n) is 2.43. The zero-order valence-electron chi connectivity index (χ0n) is 10.9. The van der Waals surface area contributed by atoms with Gasteiger partial charge in [-0.3, -0.25) is 0 Å². The van der Waals surface area contributed by atoms with Gasteiger partial charge in [0.15, 0.2) is 0 Å². The van der Waals surface area contributed by atoms with Crippen LogP contribution in [-0.4, -0.2) is 24.6 Å². The molecule has 0 aromatic carbocycles. The molecule has 1 aliphatic rings. The average molecular weight is 241 g/mol. The van der Waals surface area contributed by atoms with Crippen LogP contribution in [0.2, 0.25) is 0 Å². The van der Waals surface area contributed by atoms with Gasteiger partial charge in [-0.2, -0.15) is 11.8 Å². The minimum Gasteiger partial charge on any atom is -0.310 e. The molecule has 2 heteroatoms.